The molecule has 1 aliphatic carbocycles. The summed E-state index contributed by atoms with van der Waals surface area (Å²) in [6.45, 7) is 9.56. The third kappa shape index (κ3) is 3.85. The highest BCUT2D eigenvalue weighted by Crippen LogP contribution is 2.41. The van der Waals surface area contributed by atoms with Gasteiger partial charge in [-0.3, -0.25) is 4.90 Å². The highest BCUT2D eigenvalue weighted by molar-refractivity contribution is 5.21. The molecule has 0 aromatic heterocycles. The third-order valence-electron chi connectivity index (χ3n) is 4.87. The van der Waals surface area contributed by atoms with Crippen LogP contribution < -0.4 is 5.32 Å². The molecule has 1 aromatic rings. The lowest BCUT2D eigenvalue weighted by Gasteiger charge is -2.41. The summed E-state index contributed by atoms with van der Waals surface area (Å²) in [5, 5.41) is 3.85. The Bertz CT molecular complexity index is 436. The molecule has 116 valence electrons. The molecule has 1 saturated carbocycles. The first kappa shape index (κ1) is 15.0. The summed E-state index contributed by atoms with van der Waals surface area (Å²) in [6.07, 6.45) is 2.73. The van der Waals surface area contributed by atoms with Crippen LogP contribution in [0.2, 0.25) is 0 Å². The maximum absolute atomic E-state index is 5.48. The lowest BCUT2D eigenvalue weighted by molar-refractivity contribution is -0.0106. The Kier molecular flexibility index (Phi) is 4.63. The minimum absolute atomic E-state index is 0.186. The number of rotatable bonds is 6. The highest BCUT2D eigenvalue weighted by atomic mass is 16.5. The predicted octanol–water partition coefficient (Wildman–Crippen LogP) is 2.84. The first-order valence-corrected chi connectivity index (χ1v) is 8.28. The molecule has 3 rings (SSSR count). The van der Waals surface area contributed by atoms with Crippen molar-refractivity contribution in [2.24, 2.45) is 5.92 Å². The largest absolute Gasteiger partial charge is 0.379 e. The van der Waals surface area contributed by atoms with Crippen LogP contribution >= 0.6 is 0 Å². The van der Waals surface area contributed by atoms with Crippen LogP contribution in [0.1, 0.15) is 38.3 Å². The Morgan fingerprint density at radius 2 is 1.86 bits per heavy atom. The zero-order valence-corrected chi connectivity index (χ0v) is 13.3. The summed E-state index contributed by atoms with van der Waals surface area (Å²) in [5.41, 5.74) is 1.63. The smallest absolute Gasteiger partial charge is 0.0594 e. The number of hydrogen-bond acceptors (Lipinski definition) is 3. The molecule has 3 heteroatoms. The zero-order chi connectivity index (χ0) is 14.7. The molecule has 21 heavy (non-hydrogen) atoms. The first-order chi connectivity index (χ1) is 10.2. The Morgan fingerprint density at radius 1 is 1.19 bits per heavy atom. The number of benzene rings is 1. The van der Waals surface area contributed by atoms with E-state index in [2.05, 4.69) is 54.4 Å². The SMILES string of the molecule is CC(C)(CNC(c1ccccc1)C1CC1)N1CCOCC1. The van der Waals surface area contributed by atoms with Crippen LogP contribution in [0.5, 0.6) is 0 Å². The van der Waals surface area contributed by atoms with E-state index >= 15 is 0 Å². The maximum Gasteiger partial charge on any atom is 0.0594 e. The highest BCUT2D eigenvalue weighted by Gasteiger charge is 2.34. The predicted molar refractivity (Wildman–Crippen MR) is 86.4 cm³/mol. The number of nitrogens with one attached hydrogen (secondary N) is 1. The average Bonchev–Trinajstić information content (AvgIpc) is 3.34. The molecule has 2 fully saturated rings. The van der Waals surface area contributed by atoms with Gasteiger partial charge in [-0.15, -0.1) is 0 Å². The van der Waals surface area contributed by atoms with Gasteiger partial charge in [0.2, 0.25) is 0 Å². The molecule has 1 atom stereocenters. The van der Waals surface area contributed by atoms with Crippen LogP contribution in [0, 0.1) is 5.92 Å². The molecular weight excluding hydrogens is 260 g/mol. The van der Waals surface area contributed by atoms with Gasteiger partial charge in [-0.2, -0.15) is 0 Å². The fraction of sp³-hybridized carbons (Fsp3) is 0.667. The summed E-state index contributed by atoms with van der Waals surface area (Å²) < 4.78 is 5.48. The topological polar surface area (TPSA) is 24.5 Å². The lowest BCUT2D eigenvalue weighted by Crippen LogP contribution is -2.55. The average molecular weight is 288 g/mol. The van der Waals surface area contributed by atoms with Gasteiger partial charge in [-0.25, -0.2) is 0 Å². The van der Waals surface area contributed by atoms with Crippen molar-refractivity contribution < 1.29 is 4.74 Å². The van der Waals surface area contributed by atoms with E-state index in [1.807, 2.05) is 0 Å². The van der Waals surface area contributed by atoms with E-state index in [9.17, 15) is 0 Å². The van der Waals surface area contributed by atoms with Gasteiger partial charge in [0.1, 0.15) is 0 Å². The second-order valence-corrected chi connectivity index (χ2v) is 7.02. The van der Waals surface area contributed by atoms with E-state index in [1.54, 1.807) is 0 Å². The molecule has 1 unspecified atom stereocenters. The van der Waals surface area contributed by atoms with Crippen molar-refractivity contribution in [2.45, 2.75) is 38.3 Å². The van der Waals surface area contributed by atoms with Crippen molar-refractivity contribution in [1.29, 1.82) is 0 Å². The van der Waals surface area contributed by atoms with Crippen molar-refractivity contribution in [2.75, 3.05) is 32.8 Å². The van der Waals surface area contributed by atoms with E-state index in [0.29, 0.717) is 6.04 Å². The molecule has 3 nitrogen and oxygen atoms in total. The van der Waals surface area contributed by atoms with Gasteiger partial charge < -0.3 is 10.1 Å². The van der Waals surface area contributed by atoms with Crippen LogP contribution in [0.4, 0.5) is 0 Å². The van der Waals surface area contributed by atoms with Gasteiger partial charge in [0, 0.05) is 31.2 Å². The molecule has 1 heterocycles. The van der Waals surface area contributed by atoms with Crippen molar-refractivity contribution >= 4 is 0 Å². The number of ether oxygens (including phenoxy) is 1. The summed E-state index contributed by atoms with van der Waals surface area (Å²) in [6, 6.07) is 11.5. The molecule has 2 aliphatic rings. The van der Waals surface area contributed by atoms with E-state index < -0.39 is 0 Å². The van der Waals surface area contributed by atoms with Crippen molar-refractivity contribution in [3.8, 4) is 0 Å². The summed E-state index contributed by atoms with van der Waals surface area (Å²) in [4.78, 5) is 2.55. The molecule has 1 aliphatic heterocycles. The fourth-order valence-corrected chi connectivity index (χ4v) is 3.29. The lowest BCUT2D eigenvalue weighted by atomic mass is 9.98. The maximum atomic E-state index is 5.48. The van der Waals surface area contributed by atoms with Crippen LogP contribution in [0.15, 0.2) is 30.3 Å². The monoisotopic (exact) mass is 288 g/mol. The minimum atomic E-state index is 0.186. The summed E-state index contributed by atoms with van der Waals surface area (Å²) in [7, 11) is 0. The molecule has 1 N–H and O–H groups in total. The molecule has 0 amide bonds. The molecule has 1 saturated heterocycles. The van der Waals surface area contributed by atoms with Crippen molar-refractivity contribution in [3.05, 3.63) is 35.9 Å². The Balaban J connectivity index is 1.61. The van der Waals surface area contributed by atoms with Gasteiger partial charge in [0.25, 0.3) is 0 Å². The minimum Gasteiger partial charge on any atom is -0.379 e. The van der Waals surface area contributed by atoms with Gasteiger partial charge >= 0.3 is 0 Å². The van der Waals surface area contributed by atoms with E-state index in [0.717, 1.165) is 38.8 Å². The van der Waals surface area contributed by atoms with E-state index in [4.69, 9.17) is 4.74 Å². The van der Waals surface area contributed by atoms with Gasteiger partial charge in [-0.05, 0) is 38.2 Å². The standard InChI is InChI=1S/C18H28N2O/c1-18(2,20-10-12-21-13-11-20)14-19-17(16-8-9-16)15-6-4-3-5-7-15/h3-7,16-17,19H,8-14H2,1-2H3. The number of morpholine rings is 1. The van der Waals surface area contributed by atoms with E-state index in [1.165, 1.54) is 18.4 Å². The quantitative estimate of drug-likeness (QED) is 0.871. The van der Waals surface area contributed by atoms with Crippen LogP contribution in [0.3, 0.4) is 0 Å². The second kappa shape index (κ2) is 6.47. The Labute approximate surface area is 128 Å². The van der Waals surface area contributed by atoms with Gasteiger partial charge in [-0.1, -0.05) is 30.3 Å². The summed E-state index contributed by atoms with van der Waals surface area (Å²) >= 11 is 0. The van der Waals surface area contributed by atoms with E-state index in [-0.39, 0.29) is 5.54 Å². The molecular formula is C18H28N2O. The van der Waals surface area contributed by atoms with Gasteiger partial charge in [0.15, 0.2) is 0 Å². The summed E-state index contributed by atoms with van der Waals surface area (Å²) in [5.74, 6) is 0.827. The second-order valence-electron chi connectivity index (χ2n) is 7.02. The molecule has 0 radical (unpaired) electrons. The number of hydrogen-bond donors (Lipinski definition) is 1. The fourth-order valence-electron chi connectivity index (χ4n) is 3.29. The van der Waals surface area contributed by atoms with Crippen molar-refractivity contribution in [1.82, 2.24) is 10.2 Å². The zero-order valence-electron chi connectivity index (χ0n) is 13.3. The van der Waals surface area contributed by atoms with Crippen LogP contribution in [-0.4, -0.2) is 43.3 Å². The van der Waals surface area contributed by atoms with Crippen LogP contribution in [0.25, 0.3) is 0 Å². The van der Waals surface area contributed by atoms with Crippen molar-refractivity contribution in [3.63, 3.8) is 0 Å². The Hall–Kier alpha value is -0.900. The molecule has 0 bridgehead atoms. The third-order valence-corrected chi connectivity index (χ3v) is 4.87. The van der Waals surface area contributed by atoms with Crippen LogP contribution in [-0.2, 0) is 4.74 Å². The Morgan fingerprint density at radius 3 is 2.48 bits per heavy atom. The first-order valence-electron chi connectivity index (χ1n) is 8.28. The molecule has 1 aromatic carbocycles. The number of nitrogens with zero attached hydrogens (tertiary/aromatic N) is 1. The van der Waals surface area contributed by atoms with Gasteiger partial charge in [0.05, 0.1) is 13.2 Å². The normalized spacial score (nSPS) is 22.2. The molecule has 0 spiro atoms.